The van der Waals surface area contributed by atoms with Gasteiger partial charge in [0.2, 0.25) is 0 Å². The van der Waals surface area contributed by atoms with Gasteiger partial charge in [0.05, 0.1) is 16.1 Å². The van der Waals surface area contributed by atoms with Gasteiger partial charge in [-0.1, -0.05) is 29.8 Å². The number of nitrogens with zero attached hydrogens (tertiary/aromatic N) is 2. The molecule has 6 heteroatoms. The van der Waals surface area contributed by atoms with E-state index < -0.39 is 0 Å². The van der Waals surface area contributed by atoms with Crippen molar-refractivity contribution in [3.63, 3.8) is 0 Å². The van der Waals surface area contributed by atoms with Gasteiger partial charge in [-0.05, 0) is 24.6 Å². The number of benzene rings is 1. The predicted octanol–water partition coefficient (Wildman–Crippen LogP) is 3.03. The van der Waals surface area contributed by atoms with Gasteiger partial charge < -0.3 is 4.90 Å². The van der Waals surface area contributed by atoms with E-state index >= 15 is 0 Å². The van der Waals surface area contributed by atoms with Crippen molar-refractivity contribution in [3.05, 3.63) is 44.0 Å². The normalized spacial score (nSPS) is 12.0. The largest absolute Gasteiger partial charge is 0.383 e. The van der Waals surface area contributed by atoms with Gasteiger partial charge >= 0.3 is 0 Å². The second-order valence-corrected chi connectivity index (χ2v) is 6.81. The molecule has 0 bridgehead atoms. The minimum absolute atomic E-state index is 0.666. The van der Waals surface area contributed by atoms with Crippen LogP contribution >= 0.6 is 35.0 Å². The SMILES string of the molecule is C=c1[nH]nc(CSc2cc(C)c(Cl)cc2Cl)/c1=C\N(C)C. The number of thioether (sulfide) groups is 1. The van der Waals surface area contributed by atoms with E-state index in [1.54, 1.807) is 17.8 Å². The summed E-state index contributed by atoms with van der Waals surface area (Å²) in [4.78, 5) is 2.98. The molecule has 0 aliphatic heterocycles. The first kappa shape index (κ1) is 16.3. The molecular formula is C15H17Cl2N3S. The Morgan fingerprint density at radius 2 is 2.05 bits per heavy atom. The highest BCUT2D eigenvalue weighted by molar-refractivity contribution is 7.98. The van der Waals surface area contributed by atoms with Crippen LogP contribution in [0.3, 0.4) is 0 Å². The van der Waals surface area contributed by atoms with Gasteiger partial charge in [-0.3, -0.25) is 5.10 Å². The van der Waals surface area contributed by atoms with Crippen molar-refractivity contribution in [2.75, 3.05) is 14.1 Å². The molecule has 21 heavy (non-hydrogen) atoms. The van der Waals surface area contributed by atoms with Crippen LogP contribution in [0.15, 0.2) is 17.0 Å². The summed E-state index contributed by atoms with van der Waals surface area (Å²) in [6.07, 6.45) is 2.01. The third-order valence-corrected chi connectivity index (χ3v) is 4.83. The highest BCUT2D eigenvalue weighted by Gasteiger charge is 2.08. The predicted molar refractivity (Wildman–Crippen MR) is 92.3 cm³/mol. The summed E-state index contributed by atoms with van der Waals surface area (Å²) in [5.41, 5.74) is 1.98. The molecule has 3 nitrogen and oxygen atoms in total. The quantitative estimate of drug-likeness (QED) is 0.867. The Morgan fingerprint density at radius 1 is 1.33 bits per heavy atom. The number of rotatable bonds is 4. The van der Waals surface area contributed by atoms with Crippen molar-refractivity contribution in [1.29, 1.82) is 0 Å². The Balaban J connectivity index is 2.26. The molecule has 0 unspecified atom stereocenters. The fourth-order valence-corrected chi connectivity index (χ4v) is 3.35. The maximum absolute atomic E-state index is 6.24. The first-order valence-electron chi connectivity index (χ1n) is 6.37. The zero-order valence-corrected chi connectivity index (χ0v) is 14.5. The van der Waals surface area contributed by atoms with Gasteiger partial charge in [-0.25, -0.2) is 0 Å². The van der Waals surface area contributed by atoms with Gasteiger partial charge in [0.25, 0.3) is 0 Å². The molecule has 0 spiro atoms. The van der Waals surface area contributed by atoms with Crippen molar-refractivity contribution in [3.8, 4) is 0 Å². The van der Waals surface area contributed by atoms with E-state index in [4.69, 9.17) is 23.2 Å². The van der Waals surface area contributed by atoms with Gasteiger partial charge in [-0.15, -0.1) is 11.8 Å². The van der Waals surface area contributed by atoms with Crippen LogP contribution in [-0.2, 0) is 5.75 Å². The van der Waals surface area contributed by atoms with Crippen LogP contribution in [0.4, 0.5) is 0 Å². The van der Waals surface area contributed by atoms with Gasteiger partial charge in [0.1, 0.15) is 0 Å². The van der Waals surface area contributed by atoms with Crippen LogP contribution in [0.2, 0.25) is 10.0 Å². The van der Waals surface area contributed by atoms with Crippen molar-refractivity contribution in [1.82, 2.24) is 15.1 Å². The zero-order chi connectivity index (χ0) is 15.6. The number of aromatic nitrogens is 2. The lowest BCUT2D eigenvalue weighted by Gasteiger charge is -2.07. The highest BCUT2D eigenvalue weighted by Crippen LogP contribution is 2.33. The molecule has 0 aliphatic carbocycles. The molecule has 1 N–H and O–H groups in total. The van der Waals surface area contributed by atoms with Gasteiger partial charge in [-0.2, -0.15) is 5.10 Å². The Bertz CT molecular complexity index is 753. The minimum atomic E-state index is 0.666. The first-order valence-corrected chi connectivity index (χ1v) is 8.11. The van der Waals surface area contributed by atoms with Crippen molar-refractivity contribution >= 4 is 47.7 Å². The van der Waals surface area contributed by atoms with E-state index in [9.17, 15) is 0 Å². The smallest absolute Gasteiger partial charge is 0.0817 e. The Hall–Kier alpha value is -1.10. The molecule has 0 fully saturated rings. The monoisotopic (exact) mass is 341 g/mol. The number of aryl methyl sites for hydroxylation is 1. The van der Waals surface area contributed by atoms with E-state index in [-0.39, 0.29) is 0 Å². The second kappa shape index (κ2) is 6.77. The van der Waals surface area contributed by atoms with Crippen LogP contribution in [0.5, 0.6) is 0 Å². The van der Waals surface area contributed by atoms with E-state index in [0.29, 0.717) is 15.8 Å². The van der Waals surface area contributed by atoms with Crippen LogP contribution in [0, 0.1) is 6.92 Å². The standard InChI is InChI=1S/C15H17Cl2N3S/c1-9-5-15(13(17)6-12(9)16)21-8-14-11(7-20(3)4)10(2)18-19-14/h5-7,18H,2,8H2,1,3-4H3/b11-7-. The number of hydrogen-bond donors (Lipinski definition) is 1. The summed E-state index contributed by atoms with van der Waals surface area (Å²) in [5.74, 6) is 0.715. The molecule has 2 aromatic rings. The molecule has 1 aromatic heterocycles. The molecule has 0 aliphatic rings. The molecule has 0 saturated carbocycles. The lowest BCUT2D eigenvalue weighted by atomic mass is 10.2. The highest BCUT2D eigenvalue weighted by atomic mass is 35.5. The Kier molecular flexibility index (Phi) is 5.25. The first-order chi connectivity index (χ1) is 9.88. The lowest BCUT2D eigenvalue weighted by molar-refractivity contribution is 0.613. The summed E-state index contributed by atoms with van der Waals surface area (Å²) in [6, 6.07) is 3.79. The fraction of sp³-hybridized carbons (Fsp3) is 0.267. The van der Waals surface area contributed by atoms with E-state index in [1.165, 1.54) is 0 Å². The molecule has 0 saturated heterocycles. The lowest BCUT2D eigenvalue weighted by Crippen LogP contribution is -2.26. The topological polar surface area (TPSA) is 31.9 Å². The van der Waals surface area contributed by atoms with E-state index in [2.05, 4.69) is 16.8 Å². The number of H-pyrrole nitrogens is 1. The third-order valence-electron chi connectivity index (χ3n) is 2.93. The van der Waals surface area contributed by atoms with Crippen molar-refractivity contribution in [2.45, 2.75) is 17.6 Å². The number of nitrogens with one attached hydrogen (secondary N) is 1. The van der Waals surface area contributed by atoms with Crippen LogP contribution in [-0.4, -0.2) is 29.2 Å². The average molecular weight is 342 g/mol. The second-order valence-electron chi connectivity index (χ2n) is 4.98. The molecule has 1 heterocycles. The van der Waals surface area contributed by atoms with Crippen LogP contribution in [0.25, 0.3) is 12.8 Å². The number of aromatic amines is 1. The van der Waals surface area contributed by atoms with E-state index in [0.717, 1.165) is 26.7 Å². The molecule has 112 valence electrons. The van der Waals surface area contributed by atoms with E-state index in [1.807, 2.05) is 38.2 Å². The maximum atomic E-state index is 6.24. The fourth-order valence-electron chi connectivity index (χ4n) is 1.84. The molecule has 2 rings (SSSR count). The van der Waals surface area contributed by atoms with Crippen molar-refractivity contribution in [2.24, 2.45) is 0 Å². The third kappa shape index (κ3) is 3.96. The molecular weight excluding hydrogens is 325 g/mol. The molecule has 0 atom stereocenters. The van der Waals surface area contributed by atoms with Crippen LogP contribution in [0.1, 0.15) is 11.3 Å². The Morgan fingerprint density at radius 3 is 2.71 bits per heavy atom. The van der Waals surface area contributed by atoms with Crippen molar-refractivity contribution < 1.29 is 0 Å². The van der Waals surface area contributed by atoms with Gasteiger partial charge in [0.15, 0.2) is 0 Å². The van der Waals surface area contributed by atoms with Crippen LogP contribution < -0.4 is 10.6 Å². The number of halogens is 2. The zero-order valence-electron chi connectivity index (χ0n) is 12.2. The maximum Gasteiger partial charge on any atom is 0.0817 e. The summed E-state index contributed by atoms with van der Waals surface area (Å²) in [5, 5.41) is 10.4. The molecule has 1 aromatic carbocycles. The molecule has 0 amide bonds. The number of hydrogen-bond acceptors (Lipinski definition) is 3. The summed E-state index contributed by atoms with van der Waals surface area (Å²) in [6.45, 7) is 5.93. The van der Waals surface area contributed by atoms with Gasteiger partial charge in [0, 0.05) is 41.2 Å². The summed E-state index contributed by atoms with van der Waals surface area (Å²) in [7, 11) is 3.95. The minimum Gasteiger partial charge on any atom is -0.383 e. The summed E-state index contributed by atoms with van der Waals surface area (Å²) >= 11 is 13.9. The Labute approximate surface area is 138 Å². The average Bonchev–Trinajstić information content (AvgIpc) is 2.73. The molecule has 0 radical (unpaired) electrons. The summed E-state index contributed by atoms with van der Waals surface area (Å²) < 4.78 is 0.